The van der Waals surface area contributed by atoms with Crippen molar-refractivity contribution in [1.82, 2.24) is 9.62 Å². The molecule has 11 heteroatoms. The van der Waals surface area contributed by atoms with Gasteiger partial charge >= 0.3 is 0 Å². The number of rotatable bonds is 7. The maximum absolute atomic E-state index is 12.3. The lowest BCUT2D eigenvalue weighted by Crippen LogP contribution is -2.42. The van der Waals surface area contributed by atoms with Gasteiger partial charge in [0.25, 0.3) is 17.5 Å². The molecule has 146 valence electrons. The fraction of sp³-hybridized carbons (Fsp3) is 0.176. The average molecular weight is 405 g/mol. The van der Waals surface area contributed by atoms with Crippen molar-refractivity contribution in [2.75, 3.05) is 13.1 Å². The predicted octanol–water partition coefficient (Wildman–Crippen LogP) is 0.530. The summed E-state index contributed by atoms with van der Waals surface area (Å²) in [5, 5.41) is 21.1. The van der Waals surface area contributed by atoms with Crippen molar-refractivity contribution in [3.05, 3.63) is 69.8 Å². The van der Waals surface area contributed by atoms with Gasteiger partial charge in [-0.25, -0.2) is 13.1 Å². The Morgan fingerprint density at radius 2 is 1.57 bits per heavy atom. The molecule has 0 saturated heterocycles. The zero-order valence-corrected chi connectivity index (χ0v) is 15.1. The lowest BCUT2D eigenvalue weighted by Gasteiger charge is -2.18. The van der Waals surface area contributed by atoms with E-state index in [-0.39, 0.29) is 11.1 Å². The summed E-state index contributed by atoms with van der Waals surface area (Å²) in [5.41, 5.74) is -0.190. The summed E-state index contributed by atoms with van der Waals surface area (Å²) in [6.45, 7) is -0.965. The van der Waals surface area contributed by atoms with E-state index in [2.05, 4.69) is 4.72 Å². The summed E-state index contributed by atoms with van der Waals surface area (Å²) in [6, 6.07) is 10.9. The van der Waals surface area contributed by atoms with Crippen LogP contribution in [0.2, 0.25) is 0 Å². The number of benzene rings is 2. The number of nitro groups is 1. The zero-order chi connectivity index (χ0) is 20.5. The molecule has 2 aromatic carbocycles. The van der Waals surface area contributed by atoms with Crippen molar-refractivity contribution in [1.29, 1.82) is 0 Å². The number of nitrogens with zero attached hydrogens (tertiary/aromatic N) is 2. The number of fused-ring (bicyclic) bond motifs is 1. The second-order valence-electron chi connectivity index (χ2n) is 6.00. The van der Waals surface area contributed by atoms with Crippen molar-refractivity contribution < 1.29 is 28.0 Å². The van der Waals surface area contributed by atoms with Crippen molar-refractivity contribution in [3.8, 4) is 0 Å². The van der Waals surface area contributed by atoms with Crippen LogP contribution in [0.25, 0.3) is 0 Å². The molecule has 10 nitrogen and oxygen atoms in total. The molecule has 1 aliphatic heterocycles. The fourth-order valence-corrected chi connectivity index (χ4v) is 4.04. The first-order valence-corrected chi connectivity index (χ1v) is 9.57. The number of hydrogen-bond acceptors (Lipinski definition) is 7. The van der Waals surface area contributed by atoms with E-state index in [1.165, 1.54) is 24.3 Å². The number of carbonyl (C=O) groups excluding carboxylic acids is 2. The van der Waals surface area contributed by atoms with Gasteiger partial charge in [-0.05, 0) is 18.2 Å². The third kappa shape index (κ3) is 3.63. The Balaban J connectivity index is 1.68. The lowest BCUT2D eigenvalue weighted by molar-refractivity contribution is -0.387. The van der Waals surface area contributed by atoms with E-state index < -0.39 is 56.5 Å². The van der Waals surface area contributed by atoms with E-state index in [0.29, 0.717) is 0 Å². The standard InChI is InChI=1S/C17H15N3O7S/c21-11(10-19-16(22)12-5-1-2-6-13(12)17(19)23)9-18-28(26,27)15-8-4-3-7-14(15)20(24)25/h1-8,11,18,21H,9-10H2. The number of aliphatic hydroxyl groups is 1. The Labute approximate surface area is 159 Å². The van der Waals surface area contributed by atoms with Crippen LogP contribution < -0.4 is 4.72 Å². The van der Waals surface area contributed by atoms with Crippen LogP contribution in [0.4, 0.5) is 5.69 Å². The van der Waals surface area contributed by atoms with E-state index in [0.717, 1.165) is 17.0 Å². The number of para-hydroxylation sites is 1. The molecule has 28 heavy (non-hydrogen) atoms. The Bertz CT molecular complexity index is 1030. The monoisotopic (exact) mass is 405 g/mol. The largest absolute Gasteiger partial charge is 0.390 e. The Morgan fingerprint density at radius 3 is 2.14 bits per heavy atom. The molecule has 0 spiro atoms. The van der Waals surface area contributed by atoms with Gasteiger partial charge in [0.15, 0.2) is 4.90 Å². The molecule has 0 radical (unpaired) electrons. The van der Waals surface area contributed by atoms with Crippen LogP contribution in [0, 0.1) is 10.1 Å². The van der Waals surface area contributed by atoms with Gasteiger partial charge in [0.2, 0.25) is 10.0 Å². The minimum Gasteiger partial charge on any atom is -0.390 e. The molecule has 1 unspecified atom stereocenters. The van der Waals surface area contributed by atoms with Crippen LogP contribution in [0.5, 0.6) is 0 Å². The van der Waals surface area contributed by atoms with Crippen LogP contribution in [-0.4, -0.2) is 54.4 Å². The molecule has 1 heterocycles. The number of hydrogen-bond donors (Lipinski definition) is 2. The highest BCUT2D eigenvalue weighted by Crippen LogP contribution is 2.24. The van der Waals surface area contributed by atoms with Gasteiger partial charge in [-0.1, -0.05) is 24.3 Å². The summed E-state index contributed by atoms with van der Waals surface area (Å²) >= 11 is 0. The van der Waals surface area contributed by atoms with Gasteiger partial charge in [-0.15, -0.1) is 0 Å². The highest BCUT2D eigenvalue weighted by Gasteiger charge is 2.36. The van der Waals surface area contributed by atoms with Crippen LogP contribution in [-0.2, 0) is 10.0 Å². The quantitative estimate of drug-likeness (QED) is 0.388. The summed E-state index contributed by atoms with van der Waals surface area (Å²) in [6.07, 6.45) is -1.40. The summed E-state index contributed by atoms with van der Waals surface area (Å²) in [5.74, 6) is -1.16. The topological polar surface area (TPSA) is 147 Å². The van der Waals surface area contributed by atoms with Gasteiger partial charge in [-0.2, -0.15) is 0 Å². The summed E-state index contributed by atoms with van der Waals surface area (Å²) in [7, 11) is -4.29. The Hall–Kier alpha value is -3.15. The Morgan fingerprint density at radius 1 is 1.04 bits per heavy atom. The van der Waals surface area contributed by atoms with Crippen LogP contribution in [0.1, 0.15) is 20.7 Å². The van der Waals surface area contributed by atoms with E-state index in [1.807, 2.05) is 0 Å². The van der Waals surface area contributed by atoms with E-state index >= 15 is 0 Å². The minimum absolute atomic E-state index is 0.209. The fourth-order valence-electron chi connectivity index (χ4n) is 2.80. The number of nitrogens with one attached hydrogen (secondary N) is 1. The average Bonchev–Trinajstić information content (AvgIpc) is 2.92. The Kier molecular flexibility index (Phi) is 5.23. The summed E-state index contributed by atoms with van der Waals surface area (Å²) in [4.78, 5) is 35.0. The molecule has 1 aliphatic rings. The van der Waals surface area contributed by atoms with Crippen molar-refractivity contribution in [2.45, 2.75) is 11.0 Å². The molecule has 0 aliphatic carbocycles. The maximum Gasteiger partial charge on any atom is 0.289 e. The maximum atomic E-state index is 12.3. The predicted molar refractivity (Wildman–Crippen MR) is 96.1 cm³/mol. The van der Waals surface area contributed by atoms with E-state index in [1.54, 1.807) is 12.1 Å². The molecular formula is C17H15N3O7S. The first kappa shape index (κ1) is 19.6. The lowest BCUT2D eigenvalue weighted by atomic mass is 10.1. The van der Waals surface area contributed by atoms with Crippen molar-refractivity contribution >= 4 is 27.5 Å². The molecule has 2 amide bonds. The van der Waals surface area contributed by atoms with Crippen LogP contribution in [0.15, 0.2) is 53.4 Å². The van der Waals surface area contributed by atoms with E-state index in [4.69, 9.17) is 0 Å². The molecule has 0 saturated carbocycles. The second kappa shape index (κ2) is 7.46. The SMILES string of the molecule is O=C1c2ccccc2C(=O)N1CC(O)CNS(=O)(=O)c1ccccc1[N+](=O)[O-]. The van der Waals surface area contributed by atoms with E-state index in [9.17, 15) is 33.2 Å². The highest BCUT2D eigenvalue weighted by atomic mass is 32.2. The number of imide groups is 1. The van der Waals surface area contributed by atoms with Gasteiger partial charge in [0.1, 0.15) is 0 Å². The number of aliphatic hydroxyl groups excluding tert-OH is 1. The van der Waals surface area contributed by atoms with Crippen LogP contribution >= 0.6 is 0 Å². The van der Waals surface area contributed by atoms with Crippen molar-refractivity contribution in [3.63, 3.8) is 0 Å². The first-order chi connectivity index (χ1) is 13.2. The molecule has 2 aromatic rings. The molecular weight excluding hydrogens is 390 g/mol. The number of carbonyl (C=O) groups is 2. The molecule has 0 aromatic heterocycles. The molecule has 0 fully saturated rings. The smallest absolute Gasteiger partial charge is 0.289 e. The molecule has 0 bridgehead atoms. The third-order valence-corrected chi connectivity index (χ3v) is 5.60. The summed E-state index contributed by atoms with van der Waals surface area (Å²) < 4.78 is 26.7. The number of sulfonamides is 1. The molecule has 1 atom stereocenters. The molecule has 3 rings (SSSR count). The van der Waals surface area contributed by atoms with Gasteiger partial charge in [-0.3, -0.25) is 24.6 Å². The van der Waals surface area contributed by atoms with Gasteiger partial charge in [0, 0.05) is 12.6 Å². The van der Waals surface area contributed by atoms with Crippen LogP contribution in [0.3, 0.4) is 0 Å². The highest BCUT2D eigenvalue weighted by molar-refractivity contribution is 7.89. The molecule has 2 N–H and O–H groups in total. The van der Waals surface area contributed by atoms with Crippen molar-refractivity contribution in [2.24, 2.45) is 0 Å². The normalized spacial score (nSPS) is 14.8. The second-order valence-corrected chi connectivity index (χ2v) is 7.73. The number of β-amino-alcohol motifs (C(OH)–C–C–N with tert-alkyl or cyclic N) is 1. The third-order valence-electron chi connectivity index (χ3n) is 4.13. The first-order valence-electron chi connectivity index (χ1n) is 8.08. The van der Waals surface area contributed by atoms with Gasteiger partial charge in [0.05, 0.1) is 28.7 Å². The zero-order valence-electron chi connectivity index (χ0n) is 14.3. The number of nitro benzene ring substituents is 1. The van der Waals surface area contributed by atoms with Gasteiger partial charge < -0.3 is 5.11 Å². The minimum atomic E-state index is -4.29. The number of amides is 2.